The molecule has 0 aliphatic rings. The summed E-state index contributed by atoms with van der Waals surface area (Å²) in [6, 6.07) is 15.3. The number of rotatable bonds is 6. The van der Waals surface area contributed by atoms with Gasteiger partial charge in [0.2, 0.25) is 5.71 Å². The van der Waals surface area contributed by atoms with Crippen LogP contribution in [0, 0.1) is 16.7 Å². The highest BCUT2D eigenvalue weighted by Crippen LogP contribution is 2.20. The number of hydrazone groups is 1. The average Bonchev–Trinajstić information content (AvgIpc) is 2.62. The van der Waals surface area contributed by atoms with E-state index in [4.69, 9.17) is 21.1 Å². The number of amides is 1. The third kappa shape index (κ3) is 4.56. The van der Waals surface area contributed by atoms with Crippen molar-refractivity contribution < 1.29 is 9.53 Å². The Labute approximate surface area is 144 Å². The van der Waals surface area contributed by atoms with Crippen LogP contribution in [0.1, 0.15) is 10.4 Å². The summed E-state index contributed by atoms with van der Waals surface area (Å²) in [5.74, 6) is -0.213. The summed E-state index contributed by atoms with van der Waals surface area (Å²) in [7, 11) is 1.54. The van der Waals surface area contributed by atoms with E-state index in [1.54, 1.807) is 61.7 Å². The Bertz CT molecular complexity index is 869. The van der Waals surface area contributed by atoms with Crippen LogP contribution < -0.4 is 21.2 Å². The van der Waals surface area contributed by atoms with Crippen molar-refractivity contribution in [3.63, 3.8) is 0 Å². The van der Waals surface area contributed by atoms with E-state index in [-0.39, 0.29) is 11.6 Å². The lowest BCUT2D eigenvalue weighted by Crippen LogP contribution is -2.22. The molecule has 0 fully saturated rings. The number of carbonyl (C=O) groups is 1. The zero-order chi connectivity index (χ0) is 18.2. The lowest BCUT2D eigenvalue weighted by molar-refractivity contribution is 0.102. The van der Waals surface area contributed by atoms with Crippen molar-refractivity contribution in [3.8, 4) is 11.8 Å². The number of para-hydroxylation sites is 1. The number of benzene rings is 2. The second kappa shape index (κ2) is 8.12. The van der Waals surface area contributed by atoms with E-state index >= 15 is 0 Å². The molecule has 25 heavy (non-hydrogen) atoms. The minimum atomic E-state index is -0.465. The maximum Gasteiger partial charge on any atom is 0.257 e. The molecule has 0 bridgehead atoms. The molecule has 0 unspecified atom stereocenters. The second-order valence-electron chi connectivity index (χ2n) is 4.83. The van der Waals surface area contributed by atoms with Crippen LogP contribution in [0.5, 0.6) is 5.75 Å². The smallest absolute Gasteiger partial charge is 0.257 e. The first-order chi connectivity index (χ1) is 12.0. The molecule has 0 atom stereocenters. The molecule has 0 aliphatic carbocycles. The zero-order valence-electron chi connectivity index (χ0n) is 13.4. The molecular formula is C17H16N6O2. The van der Waals surface area contributed by atoms with Crippen LogP contribution in [0.15, 0.2) is 53.6 Å². The lowest BCUT2D eigenvalue weighted by Gasteiger charge is -2.10. The third-order valence-corrected chi connectivity index (χ3v) is 3.15. The SMILES string of the molecule is COc1cccc(NC(=O)c2ccccc2N/N=C(\C#N)C(=N)N)c1. The highest BCUT2D eigenvalue weighted by atomic mass is 16.5. The number of hydrogen-bond acceptors (Lipinski definition) is 6. The van der Waals surface area contributed by atoms with Gasteiger partial charge in [0.15, 0.2) is 5.84 Å². The van der Waals surface area contributed by atoms with Crippen molar-refractivity contribution in [2.24, 2.45) is 10.8 Å². The van der Waals surface area contributed by atoms with E-state index in [2.05, 4.69) is 15.8 Å². The molecule has 0 spiro atoms. The monoisotopic (exact) mass is 336 g/mol. The fraction of sp³-hybridized carbons (Fsp3) is 0.0588. The molecule has 0 heterocycles. The van der Waals surface area contributed by atoms with Crippen molar-refractivity contribution in [2.75, 3.05) is 17.9 Å². The van der Waals surface area contributed by atoms with Crippen LogP contribution in [0.3, 0.4) is 0 Å². The van der Waals surface area contributed by atoms with Gasteiger partial charge in [0.05, 0.1) is 18.4 Å². The highest BCUT2D eigenvalue weighted by molar-refractivity contribution is 6.45. The van der Waals surface area contributed by atoms with Gasteiger partial charge in [-0.05, 0) is 24.3 Å². The Kier molecular flexibility index (Phi) is 5.68. The third-order valence-electron chi connectivity index (χ3n) is 3.15. The van der Waals surface area contributed by atoms with E-state index in [1.807, 2.05) is 0 Å². The minimum Gasteiger partial charge on any atom is -0.497 e. The van der Waals surface area contributed by atoms with Crippen LogP contribution in [0.2, 0.25) is 0 Å². The molecule has 2 rings (SSSR count). The summed E-state index contributed by atoms with van der Waals surface area (Å²) in [6.07, 6.45) is 0. The van der Waals surface area contributed by atoms with Crippen molar-refractivity contribution in [2.45, 2.75) is 0 Å². The first kappa shape index (κ1) is 17.5. The standard InChI is InChI=1S/C17H16N6O2/c1-25-12-6-4-5-11(9-12)21-17(24)13-7-2-3-8-14(13)22-23-15(10-18)16(19)20/h2-9,22H,1H3,(H3,19,20)(H,21,24)/b23-15+. The maximum atomic E-state index is 12.5. The van der Waals surface area contributed by atoms with Crippen molar-refractivity contribution in [1.82, 2.24) is 0 Å². The molecule has 2 aromatic rings. The number of methoxy groups -OCH3 is 1. The van der Waals surface area contributed by atoms with Gasteiger partial charge in [-0.15, -0.1) is 0 Å². The van der Waals surface area contributed by atoms with E-state index in [0.717, 1.165) is 0 Å². The number of anilines is 2. The van der Waals surface area contributed by atoms with Gasteiger partial charge in [0.25, 0.3) is 5.91 Å². The molecular weight excluding hydrogens is 320 g/mol. The number of nitrogens with zero attached hydrogens (tertiary/aromatic N) is 2. The van der Waals surface area contributed by atoms with Gasteiger partial charge in [-0.2, -0.15) is 10.4 Å². The normalized spacial score (nSPS) is 10.5. The second-order valence-corrected chi connectivity index (χ2v) is 4.83. The molecule has 1 amide bonds. The molecule has 8 heteroatoms. The number of nitrogens with two attached hydrogens (primary N) is 1. The Morgan fingerprint density at radius 2 is 2.04 bits per heavy atom. The molecule has 126 valence electrons. The number of amidine groups is 1. The first-order valence-electron chi connectivity index (χ1n) is 7.17. The topological polar surface area (TPSA) is 136 Å². The van der Waals surface area contributed by atoms with Crippen LogP contribution >= 0.6 is 0 Å². The summed E-state index contributed by atoms with van der Waals surface area (Å²) in [5, 5.41) is 22.6. The molecule has 0 aliphatic heterocycles. The minimum absolute atomic E-state index is 0.275. The average molecular weight is 336 g/mol. The highest BCUT2D eigenvalue weighted by Gasteiger charge is 2.12. The van der Waals surface area contributed by atoms with Crippen LogP contribution in [0.25, 0.3) is 0 Å². The van der Waals surface area contributed by atoms with Gasteiger partial charge in [-0.3, -0.25) is 15.6 Å². The summed E-state index contributed by atoms with van der Waals surface area (Å²) >= 11 is 0. The Balaban J connectivity index is 2.23. The lowest BCUT2D eigenvalue weighted by atomic mass is 10.1. The number of nitriles is 1. The number of carbonyl (C=O) groups excluding carboxylic acids is 1. The van der Waals surface area contributed by atoms with Gasteiger partial charge in [-0.25, -0.2) is 0 Å². The van der Waals surface area contributed by atoms with E-state index in [9.17, 15) is 4.79 Å². The van der Waals surface area contributed by atoms with Gasteiger partial charge in [-0.1, -0.05) is 18.2 Å². The Hall–Kier alpha value is -3.86. The van der Waals surface area contributed by atoms with Crippen molar-refractivity contribution in [3.05, 3.63) is 54.1 Å². The summed E-state index contributed by atoms with van der Waals surface area (Å²) in [6.45, 7) is 0. The molecule has 0 saturated heterocycles. The molecule has 0 aromatic heterocycles. The summed E-state index contributed by atoms with van der Waals surface area (Å²) in [5.41, 5.74) is 8.82. The fourth-order valence-electron chi connectivity index (χ4n) is 1.94. The first-order valence-corrected chi connectivity index (χ1v) is 7.17. The van der Waals surface area contributed by atoms with Crippen molar-refractivity contribution >= 4 is 28.8 Å². The van der Waals surface area contributed by atoms with E-state index < -0.39 is 5.84 Å². The predicted molar refractivity (Wildman–Crippen MR) is 96.0 cm³/mol. The largest absolute Gasteiger partial charge is 0.497 e. The molecule has 0 saturated carbocycles. The number of hydrogen-bond donors (Lipinski definition) is 4. The van der Waals surface area contributed by atoms with Crippen LogP contribution in [0.4, 0.5) is 11.4 Å². The van der Waals surface area contributed by atoms with Gasteiger partial charge in [0, 0.05) is 11.8 Å². The number of ether oxygens (including phenoxy) is 1. The van der Waals surface area contributed by atoms with Crippen LogP contribution in [-0.4, -0.2) is 24.6 Å². The predicted octanol–water partition coefficient (Wildman–Crippen LogP) is 2.17. The fourth-order valence-corrected chi connectivity index (χ4v) is 1.94. The molecule has 2 aromatic carbocycles. The van der Waals surface area contributed by atoms with Gasteiger partial charge < -0.3 is 15.8 Å². The van der Waals surface area contributed by atoms with E-state index in [1.165, 1.54) is 0 Å². The van der Waals surface area contributed by atoms with Crippen LogP contribution in [-0.2, 0) is 0 Å². The summed E-state index contributed by atoms with van der Waals surface area (Å²) in [4.78, 5) is 12.5. The summed E-state index contributed by atoms with van der Waals surface area (Å²) < 4.78 is 5.12. The molecule has 5 N–H and O–H groups in total. The molecule has 0 radical (unpaired) electrons. The van der Waals surface area contributed by atoms with Gasteiger partial charge in [0.1, 0.15) is 11.8 Å². The number of nitrogens with one attached hydrogen (secondary N) is 3. The maximum absolute atomic E-state index is 12.5. The quantitative estimate of drug-likeness (QED) is 0.364. The molecule has 8 nitrogen and oxygen atoms in total. The zero-order valence-corrected chi connectivity index (χ0v) is 13.4. The van der Waals surface area contributed by atoms with Gasteiger partial charge >= 0.3 is 0 Å². The Morgan fingerprint density at radius 3 is 2.72 bits per heavy atom. The van der Waals surface area contributed by atoms with Crippen molar-refractivity contribution in [1.29, 1.82) is 10.7 Å². The Morgan fingerprint density at radius 1 is 1.28 bits per heavy atom. The van der Waals surface area contributed by atoms with E-state index in [0.29, 0.717) is 22.7 Å².